The molecule has 1 N–H and O–H groups in total. The van der Waals surface area contributed by atoms with Crippen LogP contribution in [0.15, 0.2) is 67.3 Å². The molecule has 1 aliphatic rings. The minimum atomic E-state index is -0.0124. The van der Waals surface area contributed by atoms with Crippen molar-refractivity contribution >= 4 is 5.91 Å². The molecular formula is C21H23N5O. The van der Waals surface area contributed by atoms with Gasteiger partial charge in [-0.05, 0) is 42.7 Å². The highest BCUT2D eigenvalue weighted by Gasteiger charge is 2.21. The SMILES string of the molecule is O=C(NC1CCN(Cc2ccccc2)CC1)c1ccc(-n2cncn2)cc1. The third-order valence-corrected chi connectivity index (χ3v) is 4.98. The average Bonchev–Trinajstić information content (AvgIpc) is 3.25. The summed E-state index contributed by atoms with van der Waals surface area (Å²) in [5.41, 5.74) is 2.90. The lowest BCUT2D eigenvalue weighted by Crippen LogP contribution is -2.44. The molecule has 0 saturated carbocycles. The molecule has 0 atom stereocenters. The second-order valence-corrected chi connectivity index (χ2v) is 6.90. The summed E-state index contributed by atoms with van der Waals surface area (Å²) in [6.07, 6.45) is 5.09. The lowest BCUT2D eigenvalue weighted by molar-refractivity contribution is 0.0909. The van der Waals surface area contributed by atoms with Gasteiger partial charge in [-0.25, -0.2) is 9.67 Å². The summed E-state index contributed by atoms with van der Waals surface area (Å²) >= 11 is 0. The van der Waals surface area contributed by atoms with Crippen LogP contribution in [0, 0.1) is 0 Å². The van der Waals surface area contributed by atoms with E-state index in [9.17, 15) is 4.79 Å². The second-order valence-electron chi connectivity index (χ2n) is 6.90. The van der Waals surface area contributed by atoms with Gasteiger partial charge < -0.3 is 5.32 Å². The largest absolute Gasteiger partial charge is 0.349 e. The van der Waals surface area contributed by atoms with Crippen molar-refractivity contribution in [2.75, 3.05) is 13.1 Å². The highest BCUT2D eigenvalue weighted by molar-refractivity contribution is 5.94. The zero-order valence-corrected chi connectivity index (χ0v) is 15.2. The lowest BCUT2D eigenvalue weighted by Gasteiger charge is -2.32. The minimum Gasteiger partial charge on any atom is -0.349 e. The third kappa shape index (κ3) is 4.41. The number of amides is 1. The molecule has 0 radical (unpaired) electrons. The fourth-order valence-electron chi connectivity index (χ4n) is 3.45. The Hall–Kier alpha value is -2.99. The molecule has 3 aromatic rings. The molecule has 1 fully saturated rings. The van der Waals surface area contributed by atoms with Crippen LogP contribution < -0.4 is 5.32 Å². The van der Waals surface area contributed by atoms with Gasteiger partial charge in [-0.3, -0.25) is 9.69 Å². The summed E-state index contributed by atoms with van der Waals surface area (Å²) in [5, 5.41) is 7.27. The fraction of sp³-hybridized carbons (Fsp3) is 0.286. The van der Waals surface area contributed by atoms with E-state index in [4.69, 9.17) is 0 Å². The predicted molar refractivity (Wildman–Crippen MR) is 104 cm³/mol. The first-order chi connectivity index (χ1) is 13.3. The third-order valence-electron chi connectivity index (χ3n) is 4.98. The number of hydrogen-bond donors (Lipinski definition) is 1. The number of aromatic nitrogens is 3. The molecule has 1 amide bonds. The van der Waals surface area contributed by atoms with Crippen LogP contribution >= 0.6 is 0 Å². The zero-order chi connectivity index (χ0) is 18.5. The van der Waals surface area contributed by atoms with E-state index in [2.05, 4.69) is 44.6 Å². The summed E-state index contributed by atoms with van der Waals surface area (Å²) in [7, 11) is 0. The molecule has 138 valence electrons. The topological polar surface area (TPSA) is 63.1 Å². The number of likely N-dealkylation sites (tertiary alicyclic amines) is 1. The van der Waals surface area contributed by atoms with Crippen molar-refractivity contribution in [3.63, 3.8) is 0 Å². The number of carbonyl (C=O) groups is 1. The zero-order valence-electron chi connectivity index (χ0n) is 15.2. The van der Waals surface area contributed by atoms with Gasteiger partial charge >= 0.3 is 0 Å². The average molecular weight is 361 g/mol. The van der Waals surface area contributed by atoms with Crippen molar-refractivity contribution in [2.24, 2.45) is 0 Å². The van der Waals surface area contributed by atoms with Crippen molar-refractivity contribution in [1.82, 2.24) is 25.0 Å². The Bertz CT molecular complexity index is 853. The van der Waals surface area contributed by atoms with Crippen LogP contribution in [-0.2, 0) is 6.54 Å². The van der Waals surface area contributed by atoms with E-state index in [-0.39, 0.29) is 11.9 Å². The van der Waals surface area contributed by atoms with Crippen molar-refractivity contribution in [3.8, 4) is 5.69 Å². The summed E-state index contributed by atoms with van der Waals surface area (Å²) in [5.74, 6) is -0.0124. The van der Waals surface area contributed by atoms with Gasteiger partial charge in [-0.1, -0.05) is 30.3 Å². The van der Waals surface area contributed by atoms with Gasteiger partial charge in [0.15, 0.2) is 0 Å². The fourth-order valence-corrected chi connectivity index (χ4v) is 3.45. The van der Waals surface area contributed by atoms with Crippen molar-refractivity contribution in [2.45, 2.75) is 25.4 Å². The maximum atomic E-state index is 12.5. The molecule has 2 aromatic carbocycles. The van der Waals surface area contributed by atoms with Gasteiger partial charge in [-0.2, -0.15) is 5.10 Å². The van der Waals surface area contributed by atoms with Gasteiger partial charge in [0.2, 0.25) is 0 Å². The first-order valence-corrected chi connectivity index (χ1v) is 9.30. The van der Waals surface area contributed by atoms with Crippen molar-refractivity contribution in [1.29, 1.82) is 0 Å². The van der Waals surface area contributed by atoms with Crippen molar-refractivity contribution in [3.05, 3.63) is 78.4 Å². The Balaban J connectivity index is 1.28. The van der Waals surface area contributed by atoms with E-state index in [1.165, 1.54) is 11.9 Å². The Morgan fingerprint density at radius 2 is 1.78 bits per heavy atom. The maximum absolute atomic E-state index is 12.5. The van der Waals surface area contributed by atoms with E-state index in [1.807, 2.05) is 30.3 Å². The molecule has 1 saturated heterocycles. The first-order valence-electron chi connectivity index (χ1n) is 9.30. The minimum absolute atomic E-state index is 0.0124. The van der Waals surface area contributed by atoms with Gasteiger partial charge in [-0.15, -0.1) is 0 Å². The smallest absolute Gasteiger partial charge is 0.251 e. The Labute approximate surface area is 158 Å². The molecule has 6 nitrogen and oxygen atoms in total. The highest BCUT2D eigenvalue weighted by Crippen LogP contribution is 2.15. The molecule has 0 spiro atoms. The monoisotopic (exact) mass is 361 g/mol. The van der Waals surface area contributed by atoms with Crippen LogP contribution in [0.2, 0.25) is 0 Å². The van der Waals surface area contributed by atoms with Gasteiger partial charge in [0, 0.05) is 31.2 Å². The summed E-state index contributed by atoms with van der Waals surface area (Å²) in [6, 6.07) is 18.2. The number of nitrogens with zero attached hydrogens (tertiary/aromatic N) is 4. The molecule has 1 aliphatic heterocycles. The number of benzene rings is 2. The number of piperidine rings is 1. The molecule has 1 aromatic heterocycles. The van der Waals surface area contributed by atoms with Crippen LogP contribution in [0.4, 0.5) is 0 Å². The van der Waals surface area contributed by atoms with Crippen LogP contribution in [0.1, 0.15) is 28.8 Å². The van der Waals surface area contributed by atoms with Gasteiger partial charge in [0.05, 0.1) is 5.69 Å². The van der Waals surface area contributed by atoms with Crippen LogP contribution in [0.25, 0.3) is 5.69 Å². The van der Waals surface area contributed by atoms with E-state index >= 15 is 0 Å². The van der Waals surface area contributed by atoms with Crippen LogP contribution in [-0.4, -0.2) is 44.7 Å². The van der Waals surface area contributed by atoms with Gasteiger partial charge in [0.1, 0.15) is 12.7 Å². The normalized spacial score (nSPS) is 15.6. The molecule has 0 bridgehead atoms. The quantitative estimate of drug-likeness (QED) is 0.759. The van der Waals surface area contributed by atoms with Crippen LogP contribution in [0.3, 0.4) is 0 Å². The first kappa shape index (κ1) is 17.4. The Morgan fingerprint density at radius 3 is 2.44 bits per heavy atom. The Morgan fingerprint density at radius 1 is 1.04 bits per heavy atom. The van der Waals surface area contributed by atoms with Crippen molar-refractivity contribution < 1.29 is 4.79 Å². The lowest BCUT2D eigenvalue weighted by atomic mass is 10.0. The molecule has 6 heteroatoms. The van der Waals surface area contributed by atoms with Crippen LogP contribution in [0.5, 0.6) is 0 Å². The molecule has 2 heterocycles. The maximum Gasteiger partial charge on any atom is 0.251 e. The number of hydrogen-bond acceptors (Lipinski definition) is 4. The number of nitrogens with one attached hydrogen (secondary N) is 1. The van der Waals surface area contributed by atoms with E-state index in [1.54, 1.807) is 11.0 Å². The summed E-state index contributed by atoms with van der Waals surface area (Å²) in [4.78, 5) is 18.9. The van der Waals surface area contributed by atoms with E-state index in [0.29, 0.717) is 5.56 Å². The summed E-state index contributed by atoms with van der Waals surface area (Å²) < 4.78 is 1.67. The molecule has 4 rings (SSSR count). The molecule has 0 unspecified atom stereocenters. The Kier molecular flexibility index (Phi) is 5.25. The van der Waals surface area contributed by atoms with Gasteiger partial charge in [0.25, 0.3) is 5.91 Å². The highest BCUT2D eigenvalue weighted by atomic mass is 16.1. The molecule has 0 aliphatic carbocycles. The standard InChI is InChI=1S/C21H23N5O/c27-21(18-6-8-20(9-7-18)26-16-22-15-23-26)24-19-10-12-25(13-11-19)14-17-4-2-1-3-5-17/h1-9,15-16,19H,10-14H2,(H,24,27). The number of carbonyl (C=O) groups excluding carboxylic acids is 1. The molecule has 27 heavy (non-hydrogen) atoms. The predicted octanol–water partition coefficient (Wildman–Crippen LogP) is 2.66. The second kappa shape index (κ2) is 8.14. The molecular weight excluding hydrogens is 338 g/mol. The van der Waals surface area contributed by atoms with E-state index in [0.717, 1.165) is 38.2 Å². The number of rotatable bonds is 5. The van der Waals surface area contributed by atoms with E-state index < -0.39 is 0 Å². The summed E-state index contributed by atoms with van der Waals surface area (Å²) in [6.45, 7) is 2.99.